The van der Waals surface area contributed by atoms with E-state index in [0.29, 0.717) is 5.92 Å². The Hall–Kier alpha value is -1.13. The van der Waals surface area contributed by atoms with Gasteiger partial charge < -0.3 is 4.57 Å². The van der Waals surface area contributed by atoms with Crippen LogP contribution in [0, 0.1) is 6.92 Å². The van der Waals surface area contributed by atoms with Crippen molar-refractivity contribution in [3.63, 3.8) is 0 Å². The molecule has 0 saturated carbocycles. The third-order valence-corrected chi connectivity index (χ3v) is 4.39. The van der Waals surface area contributed by atoms with Crippen LogP contribution in [0.5, 0.6) is 0 Å². The molecule has 0 bridgehead atoms. The molecule has 2 aromatic rings. The average Bonchev–Trinajstić information content (AvgIpc) is 3.01. The molecule has 3 nitrogen and oxygen atoms in total. The summed E-state index contributed by atoms with van der Waals surface area (Å²) in [5.41, 5.74) is 2.57. The Kier molecular flexibility index (Phi) is 3.22. The van der Waals surface area contributed by atoms with Crippen LogP contribution in [0.1, 0.15) is 29.4 Å². The highest BCUT2D eigenvalue weighted by Crippen LogP contribution is 2.27. The van der Waals surface area contributed by atoms with Crippen molar-refractivity contribution in [1.82, 2.24) is 14.5 Å². The minimum absolute atomic E-state index is 0.599. The molecule has 0 N–H and O–H groups in total. The number of thiophene rings is 1. The second-order valence-corrected chi connectivity index (χ2v) is 5.98. The molecule has 0 spiro atoms. The van der Waals surface area contributed by atoms with E-state index in [4.69, 9.17) is 0 Å². The van der Waals surface area contributed by atoms with Gasteiger partial charge in [-0.3, -0.25) is 4.90 Å². The molecular weight excluding hydrogens is 242 g/mol. The molecule has 0 aromatic carbocycles. The lowest BCUT2D eigenvalue weighted by Gasteiger charge is -2.15. The first kappa shape index (κ1) is 11.9. The highest BCUT2D eigenvalue weighted by atomic mass is 32.1. The van der Waals surface area contributed by atoms with Crippen LogP contribution in [0.4, 0.5) is 0 Å². The van der Waals surface area contributed by atoms with E-state index in [1.54, 1.807) is 11.3 Å². The zero-order valence-electron chi connectivity index (χ0n) is 11.0. The molecule has 1 aliphatic heterocycles. The smallest absolute Gasteiger partial charge is 0.113 e. The van der Waals surface area contributed by atoms with E-state index in [-0.39, 0.29) is 0 Å². The molecule has 0 aliphatic carbocycles. The number of aryl methyl sites for hydroxylation is 2. The van der Waals surface area contributed by atoms with Crippen molar-refractivity contribution in [2.45, 2.75) is 25.8 Å². The zero-order chi connectivity index (χ0) is 12.5. The number of nitrogens with zero attached hydrogens (tertiary/aromatic N) is 3. The first-order valence-corrected chi connectivity index (χ1v) is 7.40. The third-order valence-electron chi connectivity index (χ3n) is 3.66. The van der Waals surface area contributed by atoms with Crippen molar-refractivity contribution in [3.8, 4) is 0 Å². The third kappa shape index (κ3) is 2.35. The van der Waals surface area contributed by atoms with Gasteiger partial charge >= 0.3 is 0 Å². The van der Waals surface area contributed by atoms with Crippen LogP contribution < -0.4 is 0 Å². The Bertz CT molecular complexity index is 515. The van der Waals surface area contributed by atoms with Crippen molar-refractivity contribution < 1.29 is 0 Å². The van der Waals surface area contributed by atoms with Crippen LogP contribution >= 0.6 is 11.3 Å². The second-order valence-electron chi connectivity index (χ2n) is 5.20. The summed E-state index contributed by atoms with van der Waals surface area (Å²) in [6.07, 6.45) is 3.35. The number of aromatic nitrogens is 2. The molecule has 4 heteroatoms. The molecule has 3 heterocycles. The van der Waals surface area contributed by atoms with Gasteiger partial charge in [0.1, 0.15) is 5.82 Å². The van der Waals surface area contributed by atoms with Gasteiger partial charge in [0.05, 0.1) is 5.69 Å². The maximum absolute atomic E-state index is 4.66. The predicted octanol–water partition coefficient (Wildman–Crippen LogP) is 2.78. The van der Waals surface area contributed by atoms with Crippen LogP contribution in [0.3, 0.4) is 0 Å². The van der Waals surface area contributed by atoms with Gasteiger partial charge in [0.15, 0.2) is 0 Å². The van der Waals surface area contributed by atoms with Crippen molar-refractivity contribution in [2.24, 2.45) is 7.05 Å². The van der Waals surface area contributed by atoms with Gasteiger partial charge in [0.2, 0.25) is 0 Å². The maximum atomic E-state index is 4.66. The highest BCUT2D eigenvalue weighted by molar-refractivity contribution is 7.07. The van der Waals surface area contributed by atoms with Gasteiger partial charge in [0.25, 0.3) is 0 Å². The fourth-order valence-corrected chi connectivity index (χ4v) is 3.50. The average molecular weight is 261 g/mol. The van der Waals surface area contributed by atoms with Crippen molar-refractivity contribution in [2.75, 3.05) is 13.1 Å². The van der Waals surface area contributed by atoms with Gasteiger partial charge in [0, 0.05) is 32.3 Å². The van der Waals surface area contributed by atoms with Gasteiger partial charge in [-0.15, -0.1) is 0 Å². The van der Waals surface area contributed by atoms with Gasteiger partial charge in [-0.2, -0.15) is 11.3 Å². The highest BCUT2D eigenvalue weighted by Gasteiger charge is 2.26. The van der Waals surface area contributed by atoms with Gasteiger partial charge in [-0.05, 0) is 42.3 Å². The van der Waals surface area contributed by atoms with Crippen LogP contribution in [0.15, 0.2) is 23.0 Å². The molecule has 0 amide bonds. The maximum Gasteiger partial charge on any atom is 0.113 e. The zero-order valence-corrected chi connectivity index (χ0v) is 11.8. The Morgan fingerprint density at radius 2 is 2.39 bits per heavy atom. The fourth-order valence-electron chi connectivity index (χ4n) is 2.84. The topological polar surface area (TPSA) is 21.1 Å². The predicted molar refractivity (Wildman–Crippen MR) is 74.9 cm³/mol. The summed E-state index contributed by atoms with van der Waals surface area (Å²) >= 11 is 1.78. The quantitative estimate of drug-likeness (QED) is 0.847. The Morgan fingerprint density at radius 1 is 1.50 bits per heavy atom. The summed E-state index contributed by atoms with van der Waals surface area (Å²) in [4.78, 5) is 7.20. The fraction of sp³-hybridized carbons (Fsp3) is 0.500. The van der Waals surface area contributed by atoms with E-state index >= 15 is 0 Å². The SMILES string of the molecule is Cc1cn(C)c([C@@H]2CCN(Cc3ccsc3)C2)n1. The largest absolute Gasteiger partial charge is 0.337 e. The van der Waals surface area contributed by atoms with Crippen LogP contribution in [-0.4, -0.2) is 27.5 Å². The summed E-state index contributed by atoms with van der Waals surface area (Å²) in [5, 5.41) is 4.41. The van der Waals surface area contributed by atoms with E-state index in [2.05, 4.69) is 51.4 Å². The number of rotatable bonds is 3. The van der Waals surface area contributed by atoms with Crippen LogP contribution in [0.25, 0.3) is 0 Å². The lowest BCUT2D eigenvalue weighted by atomic mass is 10.1. The van der Waals surface area contributed by atoms with Crippen molar-refractivity contribution >= 4 is 11.3 Å². The minimum atomic E-state index is 0.599. The summed E-state index contributed by atoms with van der Waals surface area (Å²) in [6.45, 7) is 5.48. The molecule has 0 unspecified atom stereocenters. The van der Waals surface area contributed by atoms with E-state index in [1.807, 2.05) is 0 Å². The van der Waals surface area contributed by atoms with Gasteiger partial charge in [-0.25, -0.2) is 4.98 Å². The first-order chi connectivity index (χ1) is 8.72. The van der Waals surface area contributed by atoms with Crippen molar-refractivity contribution in [1.29, 1.82) is 0 Å². The van der Waals surface area contributed by atoms with Crippen molar-refractivity contribution in [3.05, 3.63) is 40.1 Å². The molecule has 18 heavy (non-hydrogen) atoms. The van der Waals surface area contributed by atoms with E-state index < -0.39 is 0 Å². The molecule has 0 radical (unpaired) electrons. The summed E-state index contributed by atoms with van der Waals surface area (Å²) in [6, 6.07) is 2.23. The summed E-state index contributed by atoms with van der Waals surface area (Å²) in [5.74, 6) is 1.85. The monoisotopic (exact) mass is 261 g/mol. The number of likely N-dealkylation sites (tertiary alicyclic amines) is 1. The molecule has 1 atom stereocenters. The molecular formula is C14H19N3S. The van der Waals surface area contributed by atoms with E-state index in [1.165, 1.54) is 24.4 Å². The lowest BCUT2D eigenvalue weighted by Crippen LogP contribution is -2.20. The number of hydrogen-bond acceptors (Lipinski definition) is 3. The molecule has 1 saturated heterocycles. The molecule has 2 aromatic heterocycles. The Morgan fingerprint density at radius 3 is 3.06 bits per heavy atom. The van der Waals surface area contributed by atoms with Gasteiger partial charge in [-0.1, -0.05) is 0 Å². The van der Waals surface area contributed by atoms with Crippen LogP contribution in [0.2, 0.25) is 0 Å². The van der Waals surface area contributed by atoms with E-state index in [9.17, 15) is 0 Å². The second kappa shape index (κ2) is 4.86. The lowest BCUT2D eigenvalue weighted by molar-refractivity contribution is 0.325. The minimum Gasteiger partial charge on any atom is -0.337 e. The normalized spacial score (nSPS) is 20.7. The Balaban J connectivity index is 1.66. The molecule has 96 valence electrons. The molecule has 1 fully saturated rings. The number of hydrogen-bond donors (Lipinski definition) is 0. The first-order valence-electron chi connectivity index (χ1n) is 6.45. The number of imidazole rings is 1. The molecule has 3 rings (SSSR count). The molecule has 1 aliphatic rings. The standard InChI is InChI=1S/C14H19N3S/c1-11-7-16(2)14(15-11)13-3-5-17(9-13)8-12-4-6-18-10-12/h4,6-7,10,13H,3,5,8-9H2,1-2H3/t13-/m1/s1. The van der Waals surface area contributed by atoms with E-state index in [0.717, 1.165) is 18.8 Å². The summed E-state index contributed by atoms with van der Waals surface area (Å²) < 4.78 is 2.19. The summed E-state index contributed by atoms with van der Waals surface area (Å²) in [7, 11) is 2.11. The Labute approximate surface area is 112 Å². The van der Waals surface area contributed by atoms with Crippen LogP contribution in [-0.2, 0) is 13.6 Å².